The van der Waals surface area contributed by atoms with Crippen LogP contribution < -0.4 is 15.4 Å². The number of rotatable bonds is 5. The van der Waals surface area contributed by atoms with Crippen LogP contribution in [0, 0.1) is 0 Å². The maximum atomic E-state index is 11.8. The van der Waals surface area contributed by atoms with Gasteiger partial charge in [0.1, 0.15) is 5.82 Å². The SMILES string of the molecule is CC(C)Oc1ncccc1CNC(=O)Nc1ccccn1. The van der Waals surface area contributed by atoms with E-state index in [1.54, 1.807) is 36.7 Å². The summed E-state index contributed by atoms with van der Waals surface area (Å²) >= 11 is 0. The van der Waals surface area contributed by atoms with Crippen molar-refractivity contribution in [1.29, 1.82) is 0 Å². The van der Waals surface area contributed by atoms with Crippen LogP contribution >= 0.6 is 0 Å². The number of carbonyl (C=O) groups excluding carboxylic acids is 1. The number of nitrogens with zero attached hydrogens (tertiary/aromatic N) is 2. The average Bonchev–Trinajstić information content (AvgIpc) is 2.47. The highest BCUT2D eigenvalue weighted by Crippen LogP contribution is 2.15. The van der Waals surface area contributed by atoms with Gasteiger partial charge in [-0.1, -0.05) is 12.1 Å². The molecule has 2 rings (SSSR count). The van der Waals surface area contributed by atoms with Crippen LogP contribution in [0.2, 0.25) is 0 Å². The number of ether oxygens (including phenoxy) is 1. The van der Waals surface area contributed by atoms with Crippen molar-refractivity contribution in [3.63, 3.8) is 0 Å². The molecule has 0 fully saturated rings. The van der Waals surface area contributed by atoms with Gasteiger partial charge in [-0.25, -0.2) is 14.8 Å². The molecule has 2 heterocycles. The fraction of sp³-hybridized carbons (Fsp3) is 0.267. The van der Waals surface area contributed by atoms with E-state index >= 15 is 0 Å². The van der Waals surface area contributed by atoms with E-state index in [1.165, 1.54) is 0 Å². The number of aromatic nitrogens is 2. The topological polar surface area (TPSA) is 76.1 Å². The molecule has 0 bridgehead atoms. The predicted molar refractivity (Wildman–Crippen MR) is 80.1 cm³/mol. The minimum absolute atomic E-state index is 0.0287. The largest absolute Gasteiger partial charge is 0.475 e. The highest BCUT2D eigenvalue weighted by Gasteiger charge is 2.08. The van der Waals surface area contributed by atoms with E-state index in [9.17, 15) is 4.79 Å². The number of urea groups is 1. The van der Waals surface area contributed by atoms with Crippen LogP contribution in [0.3, 0.4) is 0 Å². The second-order valence-corrected chi connectivity index (χ2v) is 4.66. The van der Waals surface area contributed by atoms with E-state index in [-0.39, 0.29) is 12.1 Å². The Balaban J connectivity index is 1.92. The normalized spacial score (nSPS) is 10.2. The van der Waals surface area contributed by atoms with E-state index in [4.69, 9.17) is 4.74 Å². The van der Waals surface area contributed by atoms with E-state index in [0.717, 1.165) is 5.56 Å². The van der Waals surface area contributed by atoms with Gasteiger partial charge in [-0.3, -0.25) is 5.32 Å². The molecule has 2 aromatic heterocycles. The summed E-state index contributed by atoms with van der Waals surface area (Å²) in [5.74, 6) is 1.03. The molecular weight excluding hydrogens is 268 g/mol. The van der Waals surface area contributed by atoms with Gasteiger partial charge in [0.25, 0.3) is 0 Å². The number of nitrogens with one attached hydrogen (secondary N) is 2. The summed E-state index contributed by atoms with van der Waals surface area (Å²) in [4.78, 5) is 20.0. The predicted octanol–water partition coefficient (Wildman–Crippen LogP) is 2.59. The molecule has 0 saturated carbocycles. The molecule has 0 atom stereocenters. The van der Waals surface area contributed by atoms with E-state index in [2.05, 4.69) is 20.6 Å². The average molecular weight is 286 g/mol. The zero-order chi connectivity index (χ0) is 15.1. The van der Waals surface area contributed by atoms with Crippen molar-refractivity contribution >= 4 is 11.8 Å². The molecule has 0 spiro atoms. The molecule has 0 aliphatic heterocycles. The van der Waals surface area contributed by atoms with Gasteiger partial charge < -0.3 is 10.1 Å². The number of carbonyl (C=O) groups is 1. The fourth-order valence-electron chi connectivity index (χ4n) is 1.66. The Morgan fingerprint density at radius 1 is 1.19 bits per heavy atom. The second-order valence-electron chi connectivity index (χ2n) is 4.66. The van der Waals surface area contributed by atoms with Crippen LogP contribution in [0.5, 0.6) is 5.88 Å². The molecule has 110 valence electrons. The van der Waals surface area contributed by atoms with E-state index < -0.39 is 0 Å². The lowest BCUT2D eigenvalue weighted by Crippen LogP contribution is -2.28. The Labute approximate surface area is 123 Å². The first-order chi connectivity index (χ1) is 10.1. The smallest absolute Gasteiger partial charge is 0.320 e. The van der Waals surface area contributed by atoms with Crippen LogP contribution in [0.1, 0.15) is 19.4 Å². The first-order valence-electron chi connectivity index (χ1n) is 6.71. The molecule has 21 heavy (non-hydrogen) atoms. The summed E-state index contributed by atoms with van der Waals surface area (Å²) in [5, 5.41) is 5.40. The Morgan fingerprint density at radius 3 is 2.71 bits per heavy atom. The number of hydrogen-bond acceptors (Lipinski definition) is 4. The van der Waals surface area contributed by atoms with Gasteiger partial charge in [-0.05, 0) is 32.0 Å². The van der Waals surface area contributed by atoms with Crippen molar-refractivity contribution in [2.24, 2.45) is 0 Å². The van der Waals surface area contributed by atoms with Crippen molar-refractivity contribution in [3.05, 3.63) is 48.3 Å². The van der Waals surface area contributed by atoms with E-state index in [0.29, 0.717) is 18.2 Å². The Bertz CT molecular complexity index is 587. The molecule has 6 nitrogen and oxygen atoms in total. The summed E-state index contributed by atoms with van der Waals surface area (Å²) in [6.07, 6.45) is 3.31. The molecule has 2 amide bonds. The van der Waals surface area contributed by atoms with Crippen LogP contribution in [0.25, 0.3) is 0 Å². The molecule has 0 aliphatic rings. The number of pyridine rings is 2. The van der Waals surface area contributed by atoms with Crippen LogP contribution in [-0.2, 0) is 6.54 Å². The van der Waals surface area contributed by atoms with Crippen LogP contribution in [-0.4, -0.2) is 22.1 Å². The first-order valence-corrected chi connectivity index (χ1v) is 6.71. The number of amides is 2. The van der Waals surface area contributed by atoms with Crippen molar-refractivity contribution in [2.75, 3.05) is 5.32 Å². The Kier molecular flexibility index (Phi) is 5.09. The quantitative estimate of drug-likeness (QED) is 0.885. The minimum atomic E-state index is -0.326. The maximum absolute atomic E-state index is 11.8. The zero-order valence-electron chi connectivity index (χ0n) is 12.0. The lowest BCUT2D eigenvalue weighted by atomic mass is 10.2. The third kappa shape index (κ3) is 4.76. The highest BCUT2D eigenvalue weighted by atomic mass is 16.5. The summed E-state index contributed by atoms with van der Waals surface area (Å²) in [6, 6.07) is 8.66. The molecule has 0 unspecified atom stereocenters. The number of hydrogen-bond donors (Lipinski definition) is 2. The summed E-state index contributed by atoms with van der Waals surface area (Å²) in [7, 11) is 0. The van der Waals surface area contributed by atoms with Gasteiger partial charge in [-0.15, -0.1) is 0 Å². The van der Waals surface area contributed by atoms with Gasteiger partial charge in [-0.2, -0.15) is 0 Å². The lowest BCUT2D eigenvalue weighted by molar-refractivity contribution is 0.229. The molecule has 0 aliphatic carbocycles. The summed E-state index contributed by atoms with van der Waals surface area (Å²) in [6.45, 7) is 4.19. The van der Waals surface area contributed by atoms with Gasteiger partial charge >= 0.3 is 6.03 Å². The monoisotopic (exact) mass is 286 g/mol. The van der Waals surface area contributed by atoms with Crippen LogP contribution in [0.15, 0.2) is 42.7 Å². The van der Waals surface area contributed by atoms with Crippen LogP contribution in [0.4, 0.5) is 10.6 Å². The third-order valence-corrected chi connectivity index (χ3v) is 2.54. The van der Waals surface area contributed by atoms with Gasteiger partial charge in [0.15, 0.2) is 0 Å². The zero-order valence-corrected chi connectivity index (χ0v) is 12.0. The molecular formula is C15H18N4O2. The summed E-state index contributed by atoms with van der Waals surface area (Å²) in [5.41, 5.74) is 0.822. The van der Waals surface area contributed by atoms with Crippen molar-refractivity contribution in [1.82, 2.24) is 15.3 Å². The highest BCUT2D eigenvalue weighted by molar-refractivity contribution is 5.88. The van der Waals surface area contributed by atoms with E-state index in [1.807, 2.05) is 19.9 Å². The lowest BCUT2D eigenvalue weighted by Gasteiger charge is -2.13. The standard InChI is InChI=1S/C15H18N4O2/c1-11(2)21-14-12(6-5-9-17-14)10-18-15(20)19-13-7-3-4-8-16-13/h3-9,11H,10H2,1-2H3,(H2,16,18,19,20). The fourth-order valence-corrected chi connectivity index (χ4v) is 1.66. The molecule has 0 saturated heterocycles. The van der Waals surface area contributed by atoms with Gasteiger partial charge in [0, 0.05) is 24.5 Å². The number of anilines is 1. The van der Waals surface area contributed by atoms with Gasteiger partial charge in [0.05, 0.1) is 6.10 Å². The second kappa shape index (κ2) is 7.23. The molecule has 0 radical (unpaired) electrons. The third-order valence-electron chi connectivity index (χ3n) is 2.54. The molecule has 6 heteroatoms. The Morgan fingerprint density at radius 2 is 2.00 bits per heavy atom. The maximum Gasteiger partial charge on any atom is 0.320 e. The molecule has 2 aromatic rings. The van der Waals surface area contributed by atoms with Crippen molar-refractivity contribution in [2.45, 2.75) is 26.5 Å². The Hall–Kier alpha value is -2.63. The van der Waals surface area contributed by atoms with Gasteiger partial charge in [0.2, 0.25) is 5.88 Å². The van der Waals surface area contributed by atoms with Crippen molar-refractivity contribution < 1.29 is 9.53 Å². The first kappa shape index (κ1) is 14.8. The van der Waals surface area contributed by atoms with Crippen molar-refractivity contribution in [3.8, 4) is 5.88 Å². The minimum Gasteiger partial charge on any atom is -0.475 e. The molecule has 2 N–H and O–H groups in total. The summed E-state index contributed by atoms with van der Waals surface area (Å²) < 4.78 is 5.60. The molecule has 0 aromatic carbocycles.